The van der Waals surface area contributed by atoms with Gasteiger partial charge in [0.1, 0.15) is 0 Å². The molecular weight excluding hydrogens is 228 g/mol. The molecule has 0 aromatic rings. The zero-order valence-electron chi connectivity index (χ0n) is 15.0. The van der Waals surface area contributed by atoms with Crippen molar-refractivity contribution in [2.24, 2.45) is 28.6 Å². The van der Waals surface area contributed by atoms with Crippen molar-refractivity contribution in [3.8, 4) is 0 Å². The summed E-state index contributed by atoms with van der Waals surface area (Å²) in [6.07, 6.45) is 8.82. The molecule has 0 saturated heterocycles. The third-order valence-corrected chi connectivity index (χ3v) is 5.13. The van der Waals surface area contributed by atoms with E-state index >= 15 is 0 Å². The van der Waals surface area contributed by atoms with Crippen molar-refractivity contribution in [2.45, 2.75) is 81.6 Å². The average Bonchev–Trinajstić information content (AvgIpc) is 2.50. The maximum atomic E-state index is 2.46. The van der Waals surface area contributed by atoms with E-state index in [1.165, 1.54) is 19.3 Å². The minimum Gasteiger partial charge on any atom is -0.0880 e. The van der Waals surface area contributed by atoms with Gasteiger partial charge in [-0.15, -0.1) is 0 Å². The topological polar surface area (TPSA) is 0 Å². The van der Waals surface area contributed by atoms with E-state index < -0.39 is 0 Å². The predicted octanol–water partition coefficient (Wildman–Crippen LogP) is 6.71. The number of rotatable bonds is 3. The van der Waals surface area contributed by atoms with Gasteiger partial charge >= 0.3 is 0 Å². The molecule has 1 aliphatic rings. The van der Waals surface area contributed by atoms with E-state index in [1.807, 2.05) is 13.8 Å². The van der Waals surface area contributed by atoms with Gasteiger partial charge in [-0.25, -0.2) is 0 Å². The summed E-state index contributed by atoms with van der Waals surface area (Å²) in [6, 6.07) is 0. The molecule has 0 spiro atoms. The van der Waals surface area contributed by atoms with E-state index in [0.717, 1.165) is 17.8 Å². The summed E-state index contributed by atoms with van der Waals surface area (Å²) in [5, 5.41) is 0. The molecule has 0 radical (unpaired) electrons. The molecule has 1 aliphatic carbocycles. The minimum absolute atomic E-state index is 0.341. The summed E-state index contributed by atoms with van der Waals surface area (Å²) >= 11 is 0. The Hall–Kier alpha value is -0.260. The highest BCUT2D eigenvalue weighted by molar-refractivity contribution is 4.96. The molecule has 0 heteroatoms. The fourth-order valence-electron chi connectivity index (χ4n) is 3.13. The van der Waals surface area contributed by atoms with Gasteiger partial charge < -0.3 is 0 Å². The first kappa shape index (κ1) is 18.7. The van der Waals surface area contributed by atoms with Gasteiger partial charge in [0.05, 0.1) is 0 Å². The molecule has 0 aromatic carbocycles. The zero-order valence-corrected chi connectivity index (χ0v) is 15.0. The van der Waals surface area contributed by atoms with E-state index in [9.17, 15) is 0 Å². The lowest BCUT2D eigenvalue weighted by Gasteiger charge is -2.30. The third kappa shape index (κ3) is 5.71. The van der Waals surface area contributed by atoms with Crippen molar-refractivity contribution in [1.82, 2.24) is 0 Å². The van der Waals surface area contributed by atoms with E-state index in [4.69, 9.17) is 0 Å². The Kier molecular flexibility index (Phi) is 7.40. The number of allylic oxidation sites excluding steroid dienone is 2. The monoisotopic (exact) mass is 266 g/mol. The molecule has 1 saturated carbocycles. The summed E-state index contributed by atoms with van der Waals surface area (Å²) in [7, 11) is 0. The molecule has 3 atom stereocenters. The first-order valence-corrected chi connectivity index (χ1v) is 8.32. The Bertz CT molecular complexity index is 264. The lowest BCUT2D eigenvalue weighted by molar-refractivity contribution is 0.192. The first-order chi connectivity index (χ1) is 8.64. The Morgan fingerprint density at radius 2 is 1.63 bits per heavy atom. The van der Waals surface area contributed by atoms with Crippen LogP contribution in [0.1, 0.15) is 81.6 Å². The quantitative estimate of drug-likeness (QED) is 0.498. The summed E-state index contributed by atoms with van der Waals surface area (Å²) in [5.74, 6) is 2.69. The molecule has 0 heterocycles. The van der Waals surface area contributed by atoms with Gasteiger partial charge in [0.25, 0.3) is 0 Å². The molecule has 0 N–H and O–H groups in total. The fraction of sp³-hybridized carbons (Fsp3) is 0.895. The van der Waals surface area contributed by atoms with Crippen molar-refractivity contribution in [2.75, 3.05) is 0 Å². The number of hydrogen-bond donors (Lipinski definition) is 0. The predicted molar refractivity (Wildman–Crippen MR) is 89.4 cm³/mol. The van der Waals surface area contributed by atoms with Crippen LogP contribution in [0.2, 0.25) is 0 Å². The van der Waals surface area contributed by atoms with Gasteiger partial charge in [0.15, 0.2) is 0 Å². The second-order valence-corrected chi connectivity index (χ2v) is 7.85. The maximum Gasteiger partial charge on any atom is -0.0203 e. The van der Waals surface area contributed by atoms with Crippen LogP contribution in [0.15, 0.2) is 12.2 Å². The van der Waals surface area contributed by atoms with Crippen molar-refractivity contribution in [3.05, 3.63) is 12.2 Å². The lowest BCUT2D eigenvalue weighted by Crippen LogP contribution is -2.23. The standard InChI is InChI=1S/C17H32.C2H6/c1-13-12-15(14(2)17(13,6)7)10-8-9-11-16(3,4)5;1-2/h9,11,13-15H,8,10,12H2,1-7H3;1-2H3/b11-9+;. The first-order valence-electron chi connectivity index (χ1n) is 8.32. The van der Waals surface area contributed by atoms with Crippen molar-refractivity contribution >= 4 is 0 Å². The van der Waals surface area contributed by atoms with Gasteiger partial charge in [-0.1, -0.05) is 74.5 Å². The summed E-state index contributed by atoms with van der Waals surface area (Å²) < 4.78 is 0. The molecule has 1 rings (SSSR count). The van der Waals surface area contributed by atoms with Crippen LogP contribution in [-0.4, -0.2) is 0 Å². The molecule has 0 amide bonds. The van der Waals surface area contributed by atoms with Gasteiger partial charge in [0, 0.05) is 0 Å². The highest BCUT2D eigenvalue weighted by Crippen LogP contribution is 2.51. The van der Waals surface area contributed by atoms with Crippen LogP contribution >= 0.6 is 0 Å². The Balaban J connectivity index is 0.00000154. The van der Waals surface area contributed by atoms with Crippen LogP contribution in [0.3, 0.4) is 0 Å². The molecule has 114 valence electrons. The zero-order chi connectivity index (χ0) is 15.3. The van der Waals surface area contributed by atoms with E-state index in [-0.39, 0.29) is 0 Å². The van der Waals surface area contributed by atoms with Crippen LogP contribution < -0.4 is 0 Å². The molecule has 1 fully saturated rings. The normalized spacial score (nSPS) is 30.3. The average molecular weight is 267 g/mol. The molecule has 0 bridgehead atoms. The third-order valence-electron chi connectivity index (χ3n) is 5.13. The maximum absolute atomic E-state index is 2.46. The van der Waals surface area contributed by atoms with E-state index in [0.29, 0.717) is 10.8 Å². The van der Waals surface area contributed by atoms with Crippen molar-refractivity contribution in [3.63, 3.8) is 0 Å². The Morgan fingerprint density at radius 1 is 1.11 bits per heavy atom. The van der Waals surface area contributed by atoms with E-state index in [1.54, 1.807) is 0 Å². The molecule has 19 heavy (non-hydrogen) atoms. The van der Waals surface area contributed by atoms with E-state index in [2.05, 4.69) is 60.6 Å². The van der Waals surface area contributed by atoms with Crippen molar-refractivity contribution < 1.29 is 0 Å². The van der Waals surface area contributed by atoms with Gasteiger partial charge in [-0.05, 0) is 47.8 Å². The lowest BCUT2D eigenvalue weighted by atomic mass is 9.75. The summed E-state index contributed by atoms with van der Waals surface area (Å²) in [5.41, 5.74) is 0.881. The Morgan fingerprint density at radius 3 is 2.00 bits per heavy atom. The largest absolute Gasteiger partial charge is 0.0880 e. The second kappa shape index (κ2) is 7.50. The minimum atomic E-state index is 0.341. The molecular formula is C19H38. The van der Waals surface area contributed by atoms with Crippen LogP contribution in [0, 0.1) is 28.6 Å². The van der Waals surface area contributed by atoms with Crippen LogP contribution in [0.4, 0.5) is 0 Å². The van der Waals surface area contributed by atoms with Gasteiger partial charge in [-0.2, -0.15) is 0 Å². The summed E-state index contributed by atoms with van der Waals surface area (Å²) in [6.45, 7) is 20.6. The van der Waals surface area contributed by atoms with Crippen LogP contribution in [0.5, 0.6) is 0 Å². The second-order valence-electron chi connectivity index (χ2n) is 7.85. The van der Waals surface area contributed by atoms with Gasteiger partial charge in [-0.3, -0.25) is 0 Å². The highest BCUT2D eigenvalue weighted by atomic mass is 14.5. The molecule has 0 aromatic heterocycles. The number of hydrogen-bond acceptors (Lipinski definition) is 0. The molecule has 3 unspecified atom stereocenters. The molecule has 0 aliphatic heterocycles. The van der Waals surface area contributed by atoms with Crippen LogP contribution in [0.25, 0.3) is 0 Å². The van der Waals surface area contributed by atoms with Crippen molar-refractivity contribution in [1.29, 1.82) is 0 Å². The SMILES string of the molecule is CC.CC1CC(CC/C=C/C(C)(C)C)C(C)C1(C)C. The summed E-state index contributed by atoms with van der Waals surface area (Å²) in [4.78, 5) is 0. The van der Waals surface area contributed by atoms with Gasteiger partial charge in [0.2, 0.25) is 0 Å². The van der Waals surface area contributed by atoms with Crippen LogP contribution in [-0.2, 0) is 0 Å². The Labute approximate surface area is 123 Å². The fourth-order valence-corrected chi connectivity index (χ4v) is 3.13. The molecule has 0 nitrogen and oxygen atoms in total. The smallest absolute Gasteiger partial charge is 0.0203 e. The highest BCUT2D eigenvalue weighted by Gasteiger charge is 2.43.